The third-order valence-corrected chi connectivity index (χ3v) is 2.69. The van der Waals surface area contributed by atoms with Gasteiger partial charge in [-0.05, 0) is 12.8 Å². The van der Waals surface area contributed by atoms with Crippen molar-refractivity contribution in [3.63, 3.8) is 0 Å². The van der Waals surface area contributed by atoms with Crippen LogP contribution < -0.4 is 10.6 Å². The Kier molecular flexibility index (Phi) is 4.33. The molecule has 2 rings (SSSR count). The Morgan fingerprint density at radius 2 is 2.00 bits per heavy atom. The highest BCUT2D eigenvalue weighted by Gasteiger charge is 2.07. The minimum atomic E-state index is 0.726. The van der Waals surface area contributed by atoms with Gasteiger partial charge < -0.3 is 10.6 Å². The number of hydrogen-bond donors (Lipinski definition) is 2. The maximum absolute atomic E-state index is 4.47. The van der Waals surface area contributed by atoms with Crippen molar-refractivity contribution in [1.29, 1.82) is 0 Å². The molecule has 19 heavy (non-hydrogen) atoms. The predicted molar refractivity (Wildman–Crippen MR) is 76.7 cm³/mol. The second-order valence-corrected chi connectivity index (χ2v) is 4.36. The van der Waals surface area contributed by atoms with Gasteiger partial charge in [0.2, 0.25) is 0 Å². The van der Waals surface area contributed by atoms with Gasteiger partial charge in [0.25, 0.3) is 0 Å². The van der Waals surface area contributed by atoms with Gasteiger partial charge >= 0.3 is 0 Å². The standard InChI is InChI=1S/C13H20N6/c1-4-6-15-12-7-14-8-13(17-12)16-11-9-19(3)18-10(11)5-2/h7-9H,4-6H2,1-3H3,(H2,15,16,17). The van der Waals surface area contributed by atoms with E-state index in [1.54, 1.807) is 17.1 Å². The molecule has 102 valence electrons. The molecule has 0 spiro atoms. The SMILES string of the molecule is CCCNc1cncc(Nc2cn(C)nc2CC)n1. The van der Waals surface area contributed by atoms with Crippen molar-refractivity contribution < 1.29 is 0 Å². The molecular weight excluding hydrogens is 240 g/mol. The summed E-state index contributed by atoms with van der Waals surface area (Å²) in [5, 5.41) is 10.9. The summed E-state index contributed by atoms with van der Waals surface area (Å²) in [7, 11) is 1.91. The van der Waals surface area contributed by atoms with E-state index < -0.39 is 0 Å². The van der Waals surface area contributed by atoms with Gasteiger partial charge in [-0.3, -0.25) is 9.67 Å². The van der Waals surface area contributed by atoms with Crippen LogP contribution in [-0.4, -0.2) is 26.3 Å². The molecule has 0 saturated heterocycles. The molecule has 2 heterocycles. The highest BCUT2D eigenvalue weighted by atomic mass is 15.3. The van der Waals surface area contributed by atoms with Crippen molar-refractivity contribution in [3.8, 4) is 0 Å². The second-order valence-electron chi connectivity index (χ2n) is 4.36. The van der Waals surface area contributed by atoms with Crippen LogP contribution in [0.5, 0.6) is 0 Å². The second kappa shape index (κ2) is 6.17. The predicted octanol–water partition coefficient (Wildman–Crippen LogP) is 2.34. The van der Waals surface area contributed by atoms with E-state index in [0.29, 0.717) is 0 Å². The molecule has 2 aromatic rings. The third-order valence-electron chi connectivity index (χ3n) is 2.69. The van der Waals surface area contributed by atoms with E-state index in [0.717, 1.165) is 42.4 Å². The van der Waals surface area contributed by atoms with Gasteiger partial charge in [0.05, 0.1) is 23.8 Å². The fraction of sp³-hybridized carbons (Fsp3) is 0.462. The molecule has 0 aliphatic rings. The Morgan fingerprint density at radius 3 is 2.74 bits per heavy atom. The van der Waals surface area contributed by atoms with E-state index >= 15 is 0 Å². The zero-order valence-corrected chi connectivity index (χ0v) is 11.6. The fourth-order valence-corrected chi connectivity index (χ4v) is 1.80. The molecular formula is C13H20N6. The van der Waals surface area contributed by atoms with Crippen LogP contribution in [0.15, 0.2) is 18.6 Å². The van der Waals surface area contributed by atoms with E-state index in [9.17, 15) is 0 Å². The number of nitrogens with one attached hydrogen (secondary N) is 2. The lowest BCUT2D eigenvalue weighted by atomic mass is 10.3. The van der Waals surface area contributed by atoms with Crippen molar-refractivity contribution in [3.05, 3.63) is 24.3 Å². The Balaban J connectivity index is 2.13. The van der Waals surface area contributed by atoms with Crippen molar-refractivity contribution in [2.45, 2.75) is 26.7 Å². The summed E-state index contributed by atoms with van der Waals surface area (Å²) in [4.78, 5) is 8.65. The Morgan fingerprint density at radius 1 is 1.21 bits per heavy atom. The van der Waals surface area contributed by atoms with Crippen molar-refractivity contribution >= 4 is 17.3 Å². The lowest BCUT2D eigenvalue weighted by molar-refractivity contribution is 0.746. The van der Waals surface area contributed by atoms with Gasteiger partial charge in [-0.2, -0.15) is 5.10 Å². The van der Waals surface area contributed by atoms with Crippen LogP contribution in [0, 0.1) is 0 Å². The average molecular weight is 260 g/mol. The number of anilines is 3. The zero-order valence-electron chi connectivity index (χ0n) is 11.6. The minimum absolute atomic E-state index is 0.726. The molecule has 6 nitrogen and oxygen atoms in total. The Labute approximate surface area is 113 Å². The van der Waals surface area contributed by atoms with Crippen LogP contribution >= 0.6 is 0 Å². The molecule has 2 N–H and O–H groups in total. The van der Waals surface area contributed by atoms with Crippen LogP contribution in [0.1, 0.15) is 26.0 Å². The van der Waals surface area contributed by atoms with E-state index in [2.05, 4.69) is 39.5 Å². The topological polar surface area (TPSA) is 67.7 Å². The summed E-state index contributed by atoms with van der Waals surface area (Å²) in [6.07, 6.45) is 7.33. The fourth-order valence-electron chi connectivity index (χ4n) is 1.80. The summed E-state index contributed by atoms with van der Waals surface area (Å²) in [5.41, 5.74) is 2.00. The van der Waals surface area contributed by atoms with Gasteiger partial charge in [-0.1, -0.05) is 13.8 Å². The number of hydrogen-bond acceptors (Lipinski definition) is 5. The normalized spacial score (nSPS) is 10.5. The highest BCUT2D eigenvalue weighted by molar-refractivity contribution is 5.58. The highest BCUT2D eigenvalue weighted by Crippen LogP contribution is 2.19. The summed E-state index contributed by atoms with van der Waals surface area (Å²) >= 11 is 0. The Hall–Kier alpha value is -2.11. The molecule has 0 radical (unpaired) electrons. The summed E-state index contributed by atoms with van der Waals surface area (Å²) in [5.74, 6) is 1.51. The number of aryl methyl sites for hydroxylation is 2. The smallest absolute Gasteiger partial charge is 0.151 e. The van der Waals surface area contributed by atoms with Crippen molar-refractivity contribution in [2.24, 2.45) is 7.05 Å². The van der Waals surface area contributed by atoms with Gasteiger partial charge in [0.15, 0.2) is 5.82 Å². The first-order valence-electron chi connectivity index (χ1n) is 6.58. The molecule has 0 atom stereocenters. The van der Waals surface area contributed by atoms with Gasteiger partial charge in [-0.25, -0.2) is 4.98 Å². The number of aromatic nitrogens is 4. The molecule has 0 aliphatic heterocycles. The molecule has 0 unspecified atom stereocenters. The summed E-state index contributed by atoms with van der Waals surface area (Å²) in [6, 6.07) is 0. The monoisotopic (exact) mass is 260 g/mol. The van der Waals surface area contributed by atoms with E-state index in [4.69, 9.17) is 0 Å². The first-order chi connectivity index (χ1) is 9.22. The number of nitrogens with zero attached hydrogens (tertiary/aromatic N) is 4. The van der Waals surface area contributed by atoms with Gasteiger partial charge in [0, 0.05) is 19.8 Å². The van der Waals surface area contributed by atoms with Crippen LogP contribution in [-0.2, 0) is 13.5 Å². The Bertz CT molecular complexity index is 534. The zero-order chi connectivity index (χ0) is 13.7. The van der Waals surface area contributed by atoms with E-state index in [1.165, 1.54) is 0 Å². The molecule has 0 amide bonds. The van der Waals surface area contributed by atoms with Crippen LogP contribution in [0.3, 0.4) is 0 Å². The molecule has 0 bridgehead atoms. The summed E-state index contributed by atoms with van der Waals surface area (Å²) in [6.45, 7) is 5.09. The minimum Gasteiger partial charge on any atom is -0.369 e. The average Bonchev–Trinajstić information content (AvgIpc) is 2.77. The maximum Gasteiger partial charge on any atom is 0.151 e. The third kappa shape index (κ3) is 3.43. The molecule has 0 fully saturated rings. The molecule has 0 aliphatic carbocycles. The quantitative estimate of drug-likeness (QED) is 0.834. The number of rotatable bonds is 6. The van der Waals surface area contributed by atoms with Crippen LogP contribution in [0.4, 0.5) is 17.3 Å². The molecule has 0 aromatic carbocycles. The molecule has 2 aromatic heterocycles. The lowest BCUT2D eigenvalue weighted by Gasteiger charge is -2.07. The van der Waals surface area contributed by atoms with E-state index in [1.807, 2.05) is 13.2 Å². The first kappa shape index (κ1) is 13.3. The van der Waals surface area contributed by atoms with Gasteiger partial charge in [0.1, 0.15) is 5.82 Å². The van der Waals surface area contributed by atoms with Crippen molar-refractivity contribution in [1.82, 2.24) is 19.7 Å². The molecule has 0 saturated carbocycles. The van der Waals surface area contributed by atoms with Crippen LogP contribution in [0.25, 0.3) is 0 Å². The lowest BCUT2D eigenvalue weighted by Crippen LogP contribution is -2.04. The maximum atomic E-state index is 4.47. The van der Waals surface area contributed by atoms with Crippen molar-refractivity contribution in [2.75, 3.05) is 17.2 Å². The van der Waals surface area contributed by atoms with Gasteiger partial charge in [-0.15, -0.1) is 0 Å². The van der Waals surface area contributed by atoms with Crippen LogP contribution in [0.2, 0.25) is 0 Å². The van der Waals surface area contributed by atoms with E-state index in [-0.39, 0.29) is 0 Å². The first-order valence-corrected chi connectivity index (χ1v) is 6.58. The summed E-state index contributed by atoms with van der Waals surface area (Å²) < 4.78 is 1.80. The largest absolute Gasteiger partial charge is 0.369 e. The molecule has 6 heteroatoms.